The van der Waals surface area contributed by atoms with Crippen LogP contribution in [0.3, 0.4) is 0 Å². The minimum atomic E-state index is 0.0230. The third-order valence-electron chi connectivity index (χ3n) is 3.31. The lowest BCUT2D eigenvalue weighted by Gasteiger charge is -2.10. The summed E-state index contributed by atoms with van der Waals surface area (Å²) in [5.41, 5.74) is 6.41. The second-order valence-electron chi connectivity index (χ2n) is 4.70. The molecule has 0 saturated heterocycles. The number of hydrogen-bond acceptors (Lipinski definition) is 3. The second-order valence-corrected chi connectivity index (χ2v) is 5.11. The minimum absolute atomic E-state index is 0.0230. The van der Waals surface area contributed by atoms with Gasteiger partial charge in [0.2, 0.25) is 0 Å². The average Bonchev–Trinajstić information content (AvgIpc) is 2.86. The maximum atomic E-state index is 12.4. The van der Waals surface area contributed by atoms with E-state index in [1.807, 2.05) is 0 Å². The predicted molar refractivity (Wildman–Crippen MR) is 67.2 cm³/mol. The van der Waals surface area contributed by atoms with Gasteiger partial charge in [0.25, 0.3) is 0 Å². The molecule has 1 aliphatic rings. The van der Waals surface area contributed by atoms with Gasteiger partial charge in [-0.1, -0.05) is 18.5 Å². The van der Waals surface area contributed by atoms with Gasteiger partial charge in [-0.15, -0.1) is 0 Å². The summed E-state index contributed by atoms with van der Waals surface area (Å²) in [7, 11) is 0. The molecule has 2 unspecified atom stereocenters. The SMILES string of the molecule is CCCn1ncc(Cl)c1C(=O)C1CCC(N)C1. The molecule has 0 aliphatic heterocycles. The Labute approximate surface area is 106 Å². The van der Waals surface area contributed by atoms with Gasteiger partial charge >= 0.3 is 0 Å². The Morgan fingerprint density at radius 3 is 3.00 bits per heavy atom. The van der Waals surface area contributed by atoms with Crippen LogP contribution in [-0.2, 0) is 6.54 Å². The Bertz CT molecular complexity index is 416. The molecule has 0 bridgehead atoms. The molecule has 94 valence electrons. The molecule has 1 heterocycles. The van der Waals surface area contributed by atoms with Crippen LogP contribution in [0.15, 0.2) is 6.20 Å². The third kappa shape index (κ3) is 2.53. The van der Waals surface area contributed by atoms with Crippen molar-refractivity contribution in [2.24, 2.45) is 11.7 Å². The van der Waals surface area contributed by atoms with Crippen LogP contribution in [0, 0.1) is 5.92 Å². The van der Waals surface area contributed by atoms with Crippen molar-refractivity contribution in [1.29, 1.82) is 0 Å². The molecule has 2 atom stereocenters. The molecule has 17 heavy (non-hydrogen) atoms. The number of carbonyl (C=O) groups excluding carboxylic acids is 1. The molecule has 5 heteroatoms. The highest BCUT2D eigenvalue weighted by Gasteiger charge is 2.31. The zero-order valence-electron chi connectivity index (χ0n) is 10.0. The van der Waals surface area contributed by atoms with Gasteiger partial charge in [-0.3, -0.25) is 9.48 Å². The number of aryl methyl sites for hydroxylation is 1. The van der Waals surface area contributed by atoms with E-state index in [-0.39, 0.29) is 17.7 Å². The average molecular weight is 256 g/mol. The van der Waals surface area contributed by atoms with Gasteiger partial charge in [0.15, 0.2) is 5.78 Å². The summed E-state index contributed by atoms with van der Waals surface area (Å²) >= 11 is 6.05. The van der Waals surface area contributed by atoms with Crippen LogP contribution in [0.4, 0.5) is 0 Å². The van der Waals surface area contributed by atoms with E-state index in [0.717, 1.165) is 32.2 Å². The summed E-state index contributed by atoms with van der Waals surface area (Å²) < 4.78 is 1.72. The van der Waals surface area contributed by atoms with Crippen molar-refractivity contribution < 1.29 is 4.79 Å². The van der Waals surface area contributed by atoms with Gasteiger partial charge in [-0.25, -0.2) is 0 Å². The van der Waals surface area contributed by atoms with Gasteiger partial charge < -0.3 is 5.73 Å². The van der Waals surface area contributed by atoms with Crippen molar-refractivity contribution in [3.05, 3.63) is 16.9 Å². The molecule has 1 aromatic heterocycles. The maximum absolute atomic E-state index is 12.4. The third-order valence-corrected chi connectivity index (χ3v) is 3.58. The summed E-state index contributed by atoms with van der Waals surface area (Å²) in [6.45, 7) is 2.78. The van der Waals surface area contributed by atoms with E-state index in [1.54, 1.807) is 10.9 Å². The quantitative estimate of drug-likeness (QED) is 0.840. The molecule has 0 amide bonds. The number of ketones is 1. The molecule has 0 aromatic carbocycles. The molecule has 1 aliphatic carbocycles. The highest BCUT2D eigenvalue weighted by atomic mass is 35.5. The van der Waals surface area contributed by atoms with Crippen LogP contribution in [0.5, 0.6) is 0 Å². The smallest absolute Gasteiger partial charge is 0.185 e. The topological polar surface area (TPSA) is 60.9 Å². The predicted octanol–water partition coefficient (Wildman–Crippen LogP) is 2.26. The molecule has 1 saturated carbocycles. The Morgan fingerprint density at radius 2 is 2.41 bits per heavy atom. The van der Waals surface area contributed by atoms with Crippen LogP contribution in [0.2, 0.25) is 5.02 Å². The minimum Gasteiger partial charge on any atom is -0.328 e. The van der Waals surface area contributed by atoms with Gasteiger partial charge in [0.1, 0.15) is 5.69 Å². The van der Waals surface area contributed by atoms with Gasteiger partial charge in [-0.05, 0) is 25.7 Å². The summed E-state index contributed by atoms with van der Waals surface area (Å²) in [6.07, 6.45) is 5.05. The van der Waals surface area contributed by atoms with Crippen molar-refractivity contribution in [1.82, 2.24) is 9.78 Å². The van der Waals surface area contributed by atoms with Crippen LogP contribution >= 0.6 is 11.6 Å². The number of carbonyl (C=O) groups is 1. The number of hydrogen-bond donors (Lipinski definition) is 1. The van der Waals surface area contributed by atoms with Crippen molar-refractivity contribution in [3.63, 3.8) is 0 Å². The van der Waals surface area contributed by atoms with E-state index < -0.39 is 0 Å². The molecule has 0 radical (unpaired) electrons. The van der Waals surface area contributed by atoms with Crippen LogP contribution in [0.1, 0.15) is 43.1 Å². The lowest BCUT2D eigenvalue weighted by molar-refractivity contribution is 0.0910. The van der Waals surface area contributed by atoms with E-state index in [9.17, 15) is 4.79 Å². The summed E-state index contributed by atoms with van der Waals surface area (Å²) in [4.78, 5) is 12.4. The fourth-order valence-corrected chi connectivity index (χ4v) is 2.67. The summed E-state index contributed by atoms with van der Waals surface area (Å²) in [5.74, 6) is 0.128. The number of aromatic nitrogens is 2. The number of nitrogens with two attached hydrogens (primary N) is 1. The first kappa shape index (κ1) is 12.6. The van der Waals surface area contributed by atoms with Gasteiger partial charge in [0.05, 0.1) is 11.2 Å². The molecular formula is C12H18ClN3O. The van der Waals surface area contributed by atoms with E-state index >= 15 is 0 Å². The van der Waals surface area contributed by atoms with Gasteiger partial charge in [0, 0.05) is 18.5 Å². The Morgan fingerprint density at radius 1 is 1.65 bits per heavy atom. The monoisotopic (exact) mass is 255 g/mol. The molecule has 0 spiro atoms. The normalized spacial score (nSPS) is 24.2. The van der Waals surface area contributed by atoms with Crippen LogP contribution in [-0.4, -0.2) is 21.6 Å². The highest BCUT2D eigenvalue weighted by Crippen LogP contribution is 2.29. The van der Waals surface area contributed by atoms with Crippen LogP contribution in [0.25, 0.3) is 0 Å². The Balaban J connectivity index is 2.21. The van der Waals surface area contributed by atoms with E-state index in [4.69, 9.17) is 17.3 Å². The maximum Gasteiger partial charge on any atom is 0.185 e. The van der Waals surface area contributed by atoms with Crippen molar-refractivity contribution in [3.8, 4) is 0 Å². The molecule has 1 fully saturated rings. The zero-order valence-corrected chi connectivity index (χ0v) is 10.8. The van der Waals surface area contributed by atoms with E-state index in [1.165, 1.54) is 0 Å². The largest absolute Gasteiger partial charge is 0.328 e. The van der Waals surface area contributed by atoms with Crippen LogP contribution < -0.4 is 5.73 Å². The Hall–Kier alpha value is -0.870. The van der Waals surface area contributed by atoms with Crippen molar-refractivity contribution >= 4 is 17.4 Å². The lowest BCUT2D eigenvalue weighted by atomic mass is 10.00. The molecule has 2 N–H and O–H groups in total. The summed E-state index contributed by atoms with van der Waals surface area (Å²) in [5, 5.41) is 4.61. The zero-order chi connectivity index (χ0) is 12.4. The van der Waals surface area contributed by atoms with E-state index in [2.05, 4.69) is 12.0 Å². The number of nitrogens with zero attached hydrogens (tertiary/aromatic N) is 2. The first-order chi connectivity index (χ1) is 8.13. The number of halogens is 1. The fourth-order valence-electron chi connectivity index (χ4n) is 2.44. The number of Topliss-reactive ketones (excluding diaryl/α,β-unsaturated/α-hetero) is 1. The first-order valence-electron chi connectivity index (χ1n) is 6.14. The molecule has 1 aromatic rings. The Kier molecular flexibility index (Phi) is 3.84. The highest BCUT2D eigenvalue weighted by molar-refractivity contribution is 6.33. The first-order valence-corrected chi connectivity index (χ1v) is 6.52. The van der Waals surface area contributed by atoms with E-state index in [0.29, 0.717) is 10.7 Å². The fraction of sp³-hybridized carbons (Fsp3) is 0.667. The number of rotatable bonds is 4. The second kappa shape index (κ2) is 5.19. The molecule has 4 nitrogen and oxygen atoms in total. The van der Waals surface area contributed by atoms with Crippen molar-refractivity contribution in [2.45, 2.75) is 45.2 Å². The lowest BCUT2D eigenvalue weighted by Crippen LogP contribution is -2.20. The standard InChI is InChI=1S/C12H18ClN3O/c1-2-5-16-11(10(13)7-15-16)12(17)8-3-4-9(14)6-8/h7-9H,2-6,14H2,1H3. The summed E-state index contributed by atoms with van der Waals surface area (Å²) in [6, 6.07) is 0.158. The molecule has 2 rings (SSSR count). The van der Waals surface area contributed by atoms with Crippen molar-refractivity contribution in [2.75, 3.05) is 0 Å². The van der Waals surface area contributed by atoms with Gasteiger partial charge in [-0.2, -0.15) is 5.10 Å². The molecular weight excluding hydrogens is 238 g/mol.